The summed E-state index contributed by atoms with van der Waals surface area (Å²) in [6, 6.07) is 5.28. The second kappa shape index (κ2) is 6.45. The highest BCUT2D eigenvalue weighted by Gasteiger charge is 2.42. The number of fused-ring (bicyclic) bond motifs is 1. The van der Waals surface area contributed by atoms with Gasteiger partial charge in [-0.05, 0) is 54.4 Å². The van der Waals surface area contributed by atoms with Crippen LogP contribution >= 0.6 is 23.2 Å². The molecule has 25 heavy (non-hydrogen) atoms. The second-order valence-corrected chi connectivity index (χ2v) is 6.88. The first-order valence-corrected chi connectivity index (χ1v) is 8.74. The van der Waals surface area contributed by atoms with Crippen molar-refractivity contribution in [3.05, 3.63) is 28.2 Å². The third-order valence-corrected chi connectivity index (χ3v) is 5.33. The van der Waals surface area contributed by atoms with E-state index in [1.807, 2.05) is 4.90 Å². The molecule has 0 saturated carbocycles. The fraction of sp³-hybridized carbons (Fsp3) is 0.400. The molecule has 3 heterocycles. The molecule has 10 heteroatoms. The highest BCUT2D eigenvalue weighted by molar-refractivity contribution is 6.42. The van der Waals surface area contributed by atoms with E-state index in [1.165, 1.54) is 0 Å². The zero-order valence-electron chi connectivity index (χ0n) is 13.2. The van der Waals surface area contributed by atoms with Crippen LogP contribution in [-0.4, -0.2) is 41.4 Å². The van der Waals surface area contributed by atoms with Crippen LogP contribution in [0.2, 0.25) is 10.0 Å². The van der Waals surface area contributed by atoms with Crippen LogP contribution in [0.15, 0.2) is 22.8 Å². The molecular weight excluding hydrogens is 365 g/mol. The van der Waals surface area contributed by atoms with E-state index in [0.29, 0.717) is 27.4 Å². The Bertz CT molecular complexity index is 805. The fourth-order valence-electron chi connectivity index (χ4n) is 3.36. The molecule has 1 aromatic heterocycles. The Balaban J connectivity index is 1.77. The summed E-state index contributed by atoms with van der Waals surface area (Å²) in [6.07, 6.45) is 1.18. The zero-order chi connectivity index (χ0) is 17.6. The summed E-state index contributed by atoms with van der Waals surface area (Å²) in [5.74, 6) is 1.16. The molecule has 1 fully saturated rings. The average molecular weight is 382 g/mol. The minimum Gasteiger partial charge on any atom is -0.325 e. The molecule has 0 spiro atoms. The number of benzene rings is 1. The van der Waals surface area contributed by atoms with Crippen molar-refractivity contribution < 1.29 is 4.63 Å². The molecule has 1 unspecified atom stereocenters. The Hall–Kier alpha value is -1.87. The van der Waals surface area contributed by atoms with Gasteiger partial charge in [-0.1, -0.05) is 23.2 Å². The average Bonchev–Trinajstić information content (AvgIpc) is 3.08. The van der Waals surface area contributed by atoms with Crippen LogP contribution in [0, 0.1) is 5.41 Å². The van der Waals surface area contributed by atoms with Gasteiger partial charge in [0.05, 0.1) is 15.7 Å². The van der Waals surface area contributed by atoms with Gasteiger partial charge in [-0.25, -0.2) is 4.63 Å². The van der Waals surface area contributed by atoms with Crippen molar-refractivity contribution in [1.29, 1.82) is 5.41 Å². The number of hydrogen-bond donors (Lipinski definition) is 3. The van der Waals surface area contributed by atoms with Gasteiger partial charge in [-0.3, -0.25) is 10.3 Å². The number of nitrogens with two attached hydrogens (primary N) is 1. The van der Waals surface area contributed by atoms with Crippen molar-refractivity contribution in [2.24, 2.45) is 5.73 Å². The first-order valence-electron chi connectivity index (χ1n) is 7.98. The molecule has 2 aliphatic heterocycles. The standard InChI is InChI=1S/C15H17Cl2N7O/c16-10-2-1-9(7-11(10)17)24-13(19)12(18)23(8-3-5-20-6-4-8)14-15(24)22-25-21-14/h1-2,7-8,12,19-20H,3-6,18H2. The van der Waals surface area contributed by atoms with E-state index in [4.69, 9.17) is 39.0 Å². The Morgan fingerprint density at radius 3 is 2.60 bits per heavy atom. The molecule has 8 nitrogen and oxygen atoms in total. The lowest BCUT2D eigenvalue weighted by atomic mass is 10.0. The molecule has 0 radical (unpaired) electrons. The van der Waals surface area contributed by atoms with Crippen molar-refractivity contribution in [3.8, 4) is 0 Å². The highest BCUT2D eigenvalue weighted by Crippen LogP contribution is 2.40. The number of halogens is 2. The quantitative estimate of drug-likeness (QED) is 0.732. The molecule has 1 saturated heterocycles. The van der Waals surface area contributed by atoms with Crippen LogP contribution in [-0.2, 0) is 0 Å². The SMILES string of the molecule is N=C1C(N)N(C2CCNCC2)c2nonc2N1c1ccc(Cl)c(Cl)c1. The molecule has 1 atom stereocenters. The molecule has 0 bridgehead atoms. The van der Waals surface area contributed by atoms with Crippen LogP contribution in [0.1, 0.15) is 12.8 Å². The molecule has 132 valence electrons. The van der Waals surface area contributed by atoms with Crippen molar-refractivity contribution in [2.45, 2.75) is 25.0 Å². The second-order valence-electron chi connectivity index (χ2n) is 6.06. The highest BCUT2D eigenvalue weighted by atomic mass is 35.5. The van der Waals surface area contributed by atoms with Crippen molar-refractivity contribution >= 4 is 46.4 Å². The zero-order valence-corrected chi connectivity index (χ0v) is 14.8. The van der Waals surface area contributed by atoms with Crippen LogP contribution < -0.4 is 20.9 Å². The summed E-state index contributed by atoms with van der Waals surface area (Å²) in [5, 5.41) is 20.8. The number of nitrogens with zero attached hydrogens (tertiary/aromatic N) is 4. The first kappa shape index (κ1) is 16.6. The van der Waals surface area contributed by atoms with Crippen LogP contribution in [0.5, 0.6) is 0 Å². The minimum atomic E-state index is -0.656. The monoisotopic (exact) mass is 381 g/mol. The van der Waals surface area contributed by atoms with E-state index in [2.05, 4.69) is 15.6 Å². The predicted octanol–water partition coefficient (Wildman–Crippen LogP) is 2.35. The Kier molecular flexibility index (Phi) is 4.28. The smallest absolute Gasteiger partial charge is 0.228 e. The van der Waals surface area contributed by atoms with E-state index in [9.17, 15) is 0 Å². The summed E-state index contributed by atoms with van der Waals surface area (Å²) in [7, 11) is 0. The van der Waals surface area contributed by atoms with Gasteiger partial charge in [0.1, 0.15) is 12.0 Å². The molecule has 0 amide bonds. The van der Waals surface area contributed by atoms with Crippen molar-refractivity contribution in [3.63, 3.8) is 0 Å². The van der Waals surface area contributed by atoms with E-state index < -0.39 is 6.17 Å². The van der Waals surface area contributed by atoms with E-state index in [0.717, 1.165) is 25.9 Å². The Labute approximate surface area is 154 Å². The third kappa shape index (κ3) is 2.75. The topological polar surface area (TPSA) is 107 Å². The van der Waals surface area contributed by atoms with Crippen LogP contribution in [0.4, 0.5) is 17.3 Å². The van der Waals surface area contributed by atoms with Crippen molar-refractivity contribution in [2.75, 3.05) is 22.9 Å². The third-order valence-electron chi connectivity index (χ3n) is 4.60. The van der Waals surface area contributed by atoms with Gasteiger partial charge in [0.2, 0.25) is 11.6 Å². The summed E-state index contributed by atoms with van der Waals surface area (Å²) < 4.78 is 4.98. The fourth-order valence-corrected chi connectivity index (χ4v) is 3.66. The van der Waals surface area contributed by atoms with Gasteiger partial charge in [-0.2, -0.15) is 0 Å². The lowest BCUT2D eigenvalue weighted by Crippen LogP contribution is -2.61. The Morgan fingerprint density at radius 1 is 1.16 bits per heavy atom. The number of amidine groups is 1. The van der Waals surface area contributed by atoms with Gasteiger partial charge in [-0.15, -0.1) is 0 Å². The van der Waals surface area contributed by atoms with Crippen LogP contribution in [0.25, 0.3) is 0 Å². The maximum Gasteiger partial charge on any atom is 0.228 e. The number of hydrogen-bond acceptors (Lipinski definition) is 7. The first-order chi connectivity index (χ1) is 12.1. The molecular formula is C15H17Cl2N7O. The Morgan fingerprint density at radius 2 is 1.88 bits per heavy atom. The minimum absolute atomic E-state index is 0.179. The van der Waals surface area contributed by atoms with Gasteiger partial charge in [0, 0.05) is 6.04 Å². The van der Waals surface area contributed by atoms with Gasteiger partial charge in [0.25, 0.3) is 0 Å². The summed E-state index contributed by atoms with van der Waals surface area (Å²) >= 11 is 12.1. The summed E-state index contributed by atoms with van der Waals surface area (Å²) in [4.78, 5) is 3.53. The van der Waals surface area contributed by atoms with Crippen LogP contribution in [0.3, 0.4) is 0 Å². The molecule has 0 aliphatic carbocycles. The number of aromatic nitrogens is 2. The lowest BCUT2D eigenvalue weighted by Gasteiger charge is -2.44. The molecule has 2 aromatic rings. The van der Waals surface area contributed by atoms with Crippen molar-refractivity contribution in [1.82, 2.24) is 15.6 Å². The number of rotatable bonds is 2. The molecule has 4 rings (SSSR count). The molecule has 1 aromatic carbocycles. The number of nitrogens with one attached hydrogen (secondary N) is 2. The van der Waals surface area contributed by atoms with Gasteiger partial charge >= 0.3 is 0 Å². The number of piperidine rings is 1. The predicted molar refractivity (Wildman–Crippen MR) is 97.0 cm³/mol. The molecule has 4 N–H and O–H groups in total. The van der Waals surface area contributed by atoms with Gasteiger partial charge in [0.15, 0.2) is 0 Å². The van der Waals surface area contributed by atoms with Gasteiger partial charge < -0.3 is 16.0 Å². The molecule has 2 aliphatic rings. The lowest BCUT2D eigenvalue weighted by molar-refractivity contribution is 0.306. The maximum absolute atomic E-state index is 8.59. The largest absolute Gasteiger partial charge is 0.325 e. The van der Waals surface area contributed by atoms with E-state index in [-0.39, 0.29) is 11.9 Å². The summed E-state index contributed by atoms with van der Waals surface area (Å²) in [6.45, 7) is 1.80. The summed E-state index contributed by atoms with van der Waals surface area (Å²) in [5.41, 5.74) is 7.03. The number of anilines is 3. The van der Waals surface area contributed by atoms with E-state index >= 15 is 0 Å². The van der Waals surface area contributed by atoms with E-state index in [1.54, 1.807) is 23.1 Å². The maximum atomic E-state index is 8.59. The normalized spacial score (nSPS) is 21.6.